The molecule has 1 aromatic carbocycles. The minimum absolute atomic E-state index is 0.232. The van der Waals surface area contributed by atoms with E-state index in [1.165, 1.54) is 7.11 Å². The highest BCUT2D eigenvalue weighted by atomic mass is 16.5. The Balaban J connectivity index is 2.98. The number of rotatable bonds is 2. The van der Waals surface area contributed by atoms with E-state index in [-0.39, 0.29) is 12.4 Å². The Morgan fingerprint density at radius 2 is 2.29 bits per heavy atom. The van der Waals surface area contributed by atoms with Gasteiger partial charge < -0.3 is 4.74 Å². The Kier molecular flexibility index (Phi) is 3.30. The summed E-state index contributed by atoms with van der Waals surface area (Å²) in [6.45, 7) is 1.96. The summed E-state index contributed by atoms with van der Waals surface area (Å²) in [6, 6.07) is 5.68. The summed E-state index contributed by atoms with van der Waals surface area (Å²) < 4.78 is 4.58. The average molecular weight is 188 g/mol. The molecule has 14 heavy (non-hydrogen) atoms. The highest BCUT2D eigenvalue weighted by Crippen LogP contribution is 2.11. The maximum Gasteiger partial charge on any atom is 0.310 e. The predicted octanol–water partition coefficient (Wildman–Crippen LogP) is 1.69. The number of ether oxygens (including phenoxy) is 1. The third-order valence-electron chi connectivity index (χ3n) is 1.98. The van der Waals surface area contributed by atoms with Gasteiger partial charge in [0.2, 0.25) is 0 Å². The van der Waals surface area contributed by atoms with Crippen molar-refractivity contribution in [1.29, 1.82) is 0 Å². The predicted molar refractivity (Wildman–Crippen MR) is 54.8 cm³/mol. The van der Waals surface area contributed by atoms with Crippen molar-refractivity contribution in [3.8, 4) is 12.3 Å². The quantitative estimate of drug-likeness (QED) is 0.521. The number of hydrogen-bond donors (Lipinski definition) is 0. The molecule has 72 valence electrons. The van der Waals surface area contributed by atoms with Crippen molar-refractivity contribution < 1.29 is 9.53 Å². The zero-order valence-corrected chi connectivity index (χ0v) is 8.33. The normalized spacial score (nSPS) is 9.21. The summed E-state index contributed by atoms with van der Waals surface area (Å²) in [4.78, 5) is 11.0. The first-order chi connectivity index (χ1) is 6.67. The fraction of sp³-hybridized carbons (Fsp3) is 0.250. The van der Waals surface area contributed by atoms with E-state index in [9.17, 15) is 4.79 Å². The van der Waals surface area contributed by atoms with Crippen molar-refractivity contribution in [2.45, 2.75) is 13.3 Å². The molecule has 1 aromatic rings. The third kappa shape index (κ3) is 2.37. The fourth-order valence-corrected chi connectivity index (χ4v) is 1.21. The van der Waals surface area contributed by atoms with Gasteiger partial charge in [0.1, 0.15) is 0 Å². The van der Waals surface area contributed by atoms with Crippen LogP contribution in [0.2, 0.25) is 0 Å². The van der Waals surface area contributed by atoms with Gasteiger partial charge in [-0.25, -0.2) is 0 Å². The van der Waals surface area contributed by atoms with E-state index in [1.54, 1.807) is 0 Å². The molecule has 0 aliphatic rings. The Morgan fingerprint density at radius 1 is 1.57 bits per heavy atom. The van der Waals surface area contributed by atoms with Crippen LogP contribution < -0.4 is 0 Å². The van der Waals surface area contributed by atoms with E-state index >= 15 is 0 Å². The van der Waals surface area contributed by atoms with Crippen molar-refractivity contribution >= 4 is 5.97 Å². The van der Waals surface area contributed by atoms with Crippen LogP contribution in [-0.2, 0) is 16.0 Å². The second-order valence-electron chi connectivity index (χ2n) is 3.06. The van der Waals surface area contributed by atoms with Gasteiger partial charge in [0, 0.05) is 5.56 Å². The molecule has 0 spiro atoms. The van der Waals surface area contributed by atoms with E-state index in [4.69, 9.17) is 6.42 Å². The molecular formula is C12H12O2. The molecule has 1 rings (SSSR count). The summed E-state index contributed by atoms with van der Waals surface area (Å²) in [5, 5.41) is 0. The number of benzene rings is 1. The lowest BCUT2D eigenvalue weighted by atomic mass is 10.0. The van der Waals surface area contributed by atoms with Gasteiger partial charge in [-0.15, -0.1) is 6.42 Å². The highest BCUT2D eigenvalue weighted by molar-refractivity contribution is 5.73. The first-order valence-electron chi connectivity index (χ1n) is 4.30. The average Bonchev–Trinajstić information content (AvgIpc) is 2.20. The topological polar surface area (TPSA) is 26.3 Å². The third-order valence-corrected chi connectivity index (χ3v) is 1.98. The molecule has 0 N–H and O–H groups in total. The van der Waals surface area contributed by atoms with Crippen LogP contribution in [0.25, 0.3) is 0 Å². The summed E-state index contributed by atoms with van der Waals surface area (Å²) in [6.07, 6.45) is 5.57. The monoisotopic (exact) mass is 188 g/mol. The number of aryl methyl sites for hydroxylation is 1. The molecule has 0 bridgehead atoms. The van der Waals surface area contributed by atoms with Gasteiger partial charge in [-0.3, -0.25) is 4.79 Å². The molecule has 0 heterocycles. The molecule has 0 atom stereocenters. The molecule has 0 unspecified atom stereocenters. The highest BCUT2D eigenvalue weighted by Gasteiger charge is 2.06. The number of methoxy groups -OCH3 is 1. The van der Waals surface area contributed by atoms with Crippen LogP contribution >= 0.6 is 0 Å². The number of terminal acetylenes is 1. The van der Waals surface area contributed by atoms with Crippen molar-refractivity contribution in [3.05, 3.63) is 34.9 Å². The second kappa shape index (κ2) is 4.48. The molecule has 0 radical (unpaired) electrons. The van der Waals surface area contributed by atoms with E-state index < -0.39 is 0 Å². The maximum atomic E-state index is 11.0. The van der Waals surface area contributed by atoms with E-state index in [2.05, 4.69) is 10.7 Å². The molecule has 0 fully saturated rings. The molecule has 0 saturated heterocycles. The molecule has 2 nitrogen and oxygen atoms in total. The number of esters is 1. The van der Waals surface area contributed by atoms with Crippen LogP contribution in [0.5, 0.6) is 0 Å². The van der Waals surface area contributed by atoms with Crippen molar-refractivity contribution in [2.24, 2.45) is 0 Å². The van der Waals surface area contributed by atoms with Crippen molar-refractivity contribution in [3.63, 3.8) is 0 Å². The minimum Gasteiger partial charge on any atom is -0.469 e. The van der Waals surface area contributed by atoms with Gasteiger partial charge in [0.05, 0.1) is 13.5 Å². The minimum atomic E-state index is -0.273. The molecule has 0 aliphatic carbocycles. The van der Waals surface area contributed by atoms with E-state index in [0.29, 0.717) is 0 Å². The van der Waals surface area contributed by atoms with E-state index in [0.717, 1.165) is 16.7 Å². The second-order valence-corrected chi connectivity index (χ2v) is 3.06. The molecule has 2 heteroatoms. The number of hydrogen-bond acceptors (Lipinski definition) is 2. The molecule has 0 aromatic heterocycles. The fourth-order valence-electron chi connectivity index (χ4n) is 1.21. The number of carbonyl (C=O) groups excluding carboxylic acids is 1. The van der Waals surface area contributed by atoms with Gasteiger partial charge >= 0.3 is 5.97 Å². The maximum absolute atomic E-state index is 11.0. The van der Waals surface area contributed by atoms with Crippen LogP contribution in [0.3, 0.4) is 0 Å². The zero-order valence-electron chi connectivity index (χ0n) is 8.33. The summed E-state index contributed by atoms with van der Waals surface area (Å²) in [5.41, 5.74) is 2.69. The standard InChI is InChI=1S/C12H12O2/c1-4-10-7-9(2)5-6-11(10)8-12(13)14-3/h1,5-7H,8H2,2-3H3. The lowest BCUT2D eigenvalue weighted by Crippen LogP contribution is -2.06. The largest absolute Gasteiger partial charge is 0.469 e. The van der Waals surface area contributed by atoms with Gasteiger partial charge in [0.15, 0.2) is 0 Å². The van der Waals surface area contributed by atoms with Gasteiger partial charge in [-0.1, -0.05) is 18.1 Å². The molecule has 0 aliphatic heterocycles. The van der Waals surface area contributed by atoms with Crippen LogP contribution in [-0.4, -0.2) is 13.1 Å². The van der Waals surface area contributed by atoms with Gasteiger partial charge in [0.25, 0.3) is 0 Å². The Bertz CT molecular complexity index is 386. The zero-order chi connectivity index (χ0) is 10.6. The van der Waals surface area contributed by atoms with Crippen molar-refractivity contribution in [1.82, 2.24) is 0 Å². The lowest BCUT2D eigenvalue weighted by molar-refractivity contribution is -0.139. The molecule has 0 saturated carbocycles. The Morgan fingerprint density at radius 3 is 2.86 bits per heavy atom. The summed E-state index contributed by atoms with van der Waals surface area (Å²) in [7, 11) is 1.37. The summed E-state index contributed by atoms with van der Waals surface area (Å²) in [5.74, 6) is 2.29. The van der Waals surface area contributed by atoms with Gasteiger partial charge in [-0.2, -0.15) is 0 Å². The van der Waals surface area contributed by atoms with Crippen LogP contribution in [0.15, 0.2) is 18.2 Å². The van der Waals surface area contributed by atoms with Gasteiger partial charge in [-0.05, 0) is 24.1 Å². The SMILES string of the molecule is C#Cc1cc(C)ccc1CC(=O)OC. The Hall–Kier alpha value is -1.75. The lowest BCUT2D eigenvalue weighted by Gasteiger charge is -2.04. The summed E-state index contributed by atoms with van der Waals surface area (Å²) >= 11 is 0. The van der Waals surface area contributed by atoms with Crippen LogP contribution in [0.4, 0.5) is 0 Å². The molecular weight excluding hydrogens is 176 g/mol. The van der Waals surface area contributed by atoms with E-state index in [1.807, 2.05) is 25.1 Å². The first kappa shape index (κ1) is 10.3. The Labute approximate surface area is 83.9 Å². The molecule has 0 amide bonds. The van der Waals surface area contributed by atoms with Crippen molar-refractivity contribution in [2.75, 3.05) is 7.11 Å². The van der Waals surface area contributed by atoms with Crippen LogP contribution in [0, 0.1) is 19.3 Å². The smallest absolute Gasteiger partial charge is 0.310 e. The first-order valence-corrected chi connectivity index (χ1v) is 4.30. The number of carbonyl (C=O) groups is 1. The van der Waals surface area contributed by atoms with Crippen LogP contribution in [0.1, 0.15) is 16.7 Å².